The molecule has 2 aromatic rings. The fraction of sp³-hybridized carbons (Fsp3) is 0.316. The lowest BCUT2D eigenvalue weighted by atomic mass is 10.1. The van der Waals surface area contributed by atoms with Gasteiger partial charge in [0, 0.05) is 20.5 Å². The molecule has 26 heavy (non-hydrogen) atoms. The molecular weight excluding hydrogens is 352 g/mol. The van der Waals surface area contributed by atoms with Gasteiger partial charge in [0.25, 0.3) is 0 Å². The van der Waals surface area contributed by atoms with Crippen LogP contribution in [0.15, 0.2) is 53.4 Å². The summed E-state index contributed by atoms with van der Waals surface area (Å²) in [6.07, 6.45) is 0.911. The summed E-state index contributed by atoms with van der Waals surface area (Å²) in [6.45, 7) is 1.02. The van der Waals surface area contributed by atoms with Crippen LogP contribution in [0.3, 0.4) is 0 Å². The third kappa shape index (κ3) is 3.73. The SMILES string of the molecule is CN(C)S(=O)(=O)c1ccc(CCC(=O)N2CCOc3ccccc32)cc1. The Labute approximate surface area is 154 Å². The van der Waals surface area contributed by atoms with Crippen LogP contribution in [0.25, 0.3) is 0 Å². The van der Waals surface area contributed by atoms with Gasteiger partial charge in [-0.05, 0) is 36.2 Å². The second-order valence-electron chi connectivity index (χ2n) is 6.29. The van der Waals surface area contributed by atoms with E-state index in [0.717, 1.165) is 17.0 Å². The number of para-hydroxylation sites is 2. The third-order valence-electron chi connectivity index (χ3n) is 4.36. The van der Waals surface area contributed by atoms with Crippen molar-refractivity contribution in [3.05, 3.63) is 54.1 Å². The molecular formula is C19H22N2O4S. The molecule has 7 heteroatoms. The summed E-state index contributed by atoms with van der Waals surface area (Å²) in [5.41, 5.74) is 1.73. The van der Waals surface area contributed by atoms with E-state index in [-0.39, 0.29) is 10.8 Å². The Balaban J connectivity index is 1.66. The molecule has 138 valence electrons. The predicted molar refractivity (Wildman–Crippen MR) is 99.9 cm³/mol. The van der Waals surface area contributed by atoms with E-state index in [2.05, 4.69) is 0 Å². The first-order valence-corrected chi connectivity index (χ1v) is 9.87. The number of nitrogens with zero attached hydrogens (tertiary/aromatic N) is 2. The van der Waals surface area contributed by atoms with Gasteiger partial charge in [-0.1, -0.05) is 24.3 Å². The smallest absolute Gasteiger partial charge is 0.242 e. The summed E-state index contributed by atoms with van der Waals surface area (Å²) >= 11 is 0. The maximum absolute atomic E-state index is 12.6. The number of amides is 1. The fourth-order valence-corrected chi connectivity index (χ4v) is 3.76. The van der Waals surface area contributed by atoms with Crippen molar-refractivity contribution in [2.24, 2.45) is 0 Å². The molecule has 0 atom stereocenters. The summed E-state index contributed by atoms with van der Waals surface area (Å²) in [6, 6.07) is 14.2. The summed E-state index contributed by atoms with van der Waals surface area (Å²) < 4.78 is 30.9. The van der Waals surface area contributed by atoms with Crippen molar-refractivity contribution >= 4 is 21.6 Å². The Bertz CT molecular complexity index is 892. The molecule has 0 aromatic heterocycles. The lowest BCUT2D eigenvalue weighted by Crippen LogP contribution is -2.38. The van der Waals surface area contributed by atoms with E-state index < -0.39 is 10.0 Å². The number of carbonyl (C=O) groups is 1. The molecule has 0 radical (unpaired) electrons. The van der Waals surface area contributed by atoms with Crippen LogP contribution in [-0.4, -0.2) is 45.9 Å². The number of benzene rings is 2. The number of sulfonamides is 1. The van der Waals surface area contributed by atoms with E-state index in [4.69, 9.17) is 4.74 Å². The average Bonchev–Trinajstić information content (AvgIpc) is 2.66. The van der Waals surface area contributed by atoms with Gasteiger partial charge in [-0.2, -0.15) is 0 Å². The first kappa shape index (κ1) is 18.4. The number of hydrogen-bond donors (Lipinski definition) is 0. The van der Waals surface area contributed by atoms with Gasteiger partial charge in [-0.15, -0.1) is 0 Å². The normalized spacial score (nSPS) is 14.0. The molecule has 1 aliphatic rings. The minimum atomic E-state index is -3.43. The Hall–Kier alpha value is -2.38. The van der Waals surface area contributed by atoms with Gasteiger partial charge in [0.05, 0.1) is 17.1 Å². The molecule has 0 fully saturated rings. The third-order valence-corrected chi connectivity index (χ3v) is 6.19. The quantitative estimate of drug-likeness (QED) is 0.805. The first-order chi connectivity index (χ1) is 12.4. The van der Waals surface area contributed by atoms with E-state index in [1.807, 2.05) is 24.3 Å². The van der Waals surface area contributed by atoms with Crippen molar-refractivity contribution in [1.82, 2.24) is 4.31 Å². The summed E-state index contributed by atoms with van der Waals surface area (Å²) in [5, 5.41) is 0. The zero-order chi connectivity index (χ0) is 18.7. The highest BCUT2D eigenvalue weighted by molar-refractivity contribution is 7.89. The maximum Gasteiger partial charge on any atom is 0.242 e. The van der Waals surface area contributed by atoms with Crippen LogP contribution in [-0.2, 0) is 21.2 Å². The molecule has 0 N–H and O–H groups in total. The van der Waals surface area contributed by atoms with Crippen LogP contribution in [0.1, 0.15) is 12.0 Å². The zero-order valence-corrected chi connectivity index (χ0v) is 15.7. The van der Waals surface area contributed by atoms with Crippen molar-refractivity contribution in [2.45, 2.75) is 17.7 Å². The van der Waals surface area contributed by atoms with E-state index in [9.17, 15) is 13.2 Å². The molecule has 0 aliphatic carbocycles. The van der Waals surface area contributed by atoms with Crippen molar-refractivity contribution in [2.75, 3.05) is 32.1 Å². The van der Waals surface area contributed by atoms with Gasteiger partial charge < -0.3 is 9.64 Å². The summed E-state index contributed by atoms with van der Waals surface area (Å²) in [5.74, 6) is 0.760. The van der Waals surface area contributed by atoms with E-state index >= 15 is 0 Å². The number of carbonyl (C=O) groups excluding carboxylic acids is 1. The Morgan fingerprint density at radius 3 is 2.50 bits per heavy atom. The number of anilines is 1. The highest BCUT2D eigenvalue weighted by Crippen LogP contribution is 2.31. The highest BCUT2D eigenvalue weighted by atomic mass is 32.2. The number of rotatable bonds is 5. The Kier molecular flexibility index (Phi) is 5.29. The first-order valence-electron chi connectivity index (χ1n) is 8.43. The van der Waals surface area contributed by atoms with Crippen LogP contribution in [0.5, 0.6) is 5.75 Å². The van der Waals surface area contributed by atoms with Gasteiger partial charge in [0.2, 0.25) is 15.9 Å². The molecule has 1 amide bonds. The second-order valence-corrected chi connectivity index (χ2v) is 8.44. The number of fused-ring (bicyclic) bond motifs is 1. The molecule has 0 saturated heterocycles. The minimum Gasteiger partial charge on any atom is -0.490 e. The standard InChI is InChI=1S/C19H22N2O4S/c1-20(2)26(23,24)16-10-7-15(8-11-16)9-12-19(22)21-13-14-25-18-6-4-3-5-17(18)21/h3-8,10-11H,9,12-14H2,1-2H3. The number of aryl methyl sites for hydroxylation is 1. The van der Waals surface area contributed by atoms with Crippen molar-refractivity contribution in [3.63, 3.8) is 0 Å². The zero-order valence-electron chi connectivity index (χ0n) is 14.9. The van der Waals surface area contributed by atoms with Gasteiger partial charge in [0.1, 0.15) is 12.4 Å². The van der Waals surface area contributed by atoms with E-state index in [0.29, 0.717) is 26.0 Å². The molecule has 2 aromatic carbocycles. The van der Waals surface area contributed by atoms with E-state index in [1.165, 1.54) is 18.4 Å². The van der Waals surface area contributed by atoms with Gasteiger partial charge in [-0.25, -0.2) is 12.7 Å². The molecule has 0 spiro atoms. The van der Waals surface area contributed by atoms with E-state index in [1.54, 1.807) is 29.2 Å². The number of hydrogen-bond acceptors (Lipinski definition) is 4. The lowest BCUT2D eigenvalue weighted by Gasteiger charge is -2.29. The maximum atomic E-state index is 12.6. The topological polar surface area (TPSA) is 66.9 Å². The van der Waals surface area contributed by atoms with Crippen LogP contribution in [0.2, 0.25) is 0 Å². The molecule has 3 rings (SSSR count). The summed E-state index contributed by atoms with van der Waals surface area (Å²) in [4.78, 5) is 14.6. The second kappa shape index (κ2) is 7.47. The summed E-state index contributed by atoms with van der Waals surface area (Å²) in [7, 11) is -0.427. The van der Waals surface area contributed by atoms with Crippen molar-refractivity contribution < 1.29 is 17.9 Å². The monoisotopic (exact) mass is 374 g/mol. The molecule has 0 unspecified atom stereocenters. The van der Waals surface area contributed by atoms with Gasteiger partial charge in [0.15, 0.2) is 0 Å². The lowest BCUT2D eigenvalue weighted by molar-refractivity contribution is -0.118. The molecule has 1 aliphatic heterocycles. The Morgan fingerprint density at radius 1 is 1.12 bits per heavy atom. The minimum absolute atomic E-state index is 0.0331. The predicted octanol–water partition coefficient (Wildman–Crippen LogP) is 2.30. The average molecular weight is 374 g/mol. The van der Waals surface area contributed by atoms with Crippen LogP contribution in [0, 0.1) is 0 Å². The molecule has 0 saturated carbocycles. The molecule has 0 bridgehead atoms. The van der Waals surface area contributed by atoms with Crippen LogP contribution < -0.4 is 9.64 Å². The van der Waals surface area contributed by atoms with Gasteiger partial charge in [-0.3, -0.25) is 4.79 Å². The molecule has 6 nitrogen and oxygen atoms in total. The number of ether oxygens (including phenoxy) is 1. The molecule has 1 heterocycles. The highest BCUT2D eigenvalue weighted by Gasteiger charge is 2.23. The van der Waals surface area contributed by atoms with Crippen molar-refractivity contribution in [3.8, 4) is 5.75 Å². The fourth-order valence-electron chi connectivity index (χ4n) is 2.85. The van der Waals surface area contributed by atoms with Gasteiger partial charge >= 0.3 is 0 Å². The van der Waals surface area contributed by atoms with Crippen LogP contribution >= 0.6 is 0 Å². The van der Waals surface area contributed by atoms with Crippen LogP contribution in [0.4, 0.5) is 5.69 Å². The van der Waals surface area contributed by atoms with Crippen molar-refractivity contribution in [1.29, 1.82) is 0 Å². The Morgan fingerprint density at radius 2 is 1.81 bits per heavy atom. The largest absolute Gasteiger partial charge is 0.490 e.